The Kier molecular flexibility index (Phi) is 4.07. The van der Waals surface area contributed by atoms with Crippen molar-refractivity contribution in [3.05, 3.63) is 30.5 Å². The van der Waals surface area contributed by atoms with Crippen molar-refractivity contribution in [2.24, 2.45) is 7.05 Å². The van der Waals surface area contributed by atoms with Crippen molar-refractivity contribution in [2.75, 3.05) is 25.5 Å². The van der Waals surface area contributed by atoms with Crippen LogP contribution in [-0.4, -0.2) is 52.9 Å². The summed E-state index contributed by atoms with van der Waals surface area (Å²) in [5.74, 6) is 0.574. The van der Waals surface area contributed by atoms with Gasteiger partial charge in [-0.05, 0) is 18.9 Å². The number of aromatic nitrogens is 4. The summed E-state index contributed by atoms with van der Waals surface area (Å²) in [6, 6.07) is 1.51. The first kappa shape index (κ1) is 15.9. The number of nitrogens with zero attached hydrogens (tertiary/aromatic N) is 6. The molecule has 1 atom stereocenters. The van der Waals surface area contributed by atoms with Crippen LogP contribution >= 0.6 is 0 Å². The minimum absolute atomic E-state index is 0.0776. The lowest BCUT2D eigenvalue weighted by Gasteiger charge is -2.23. The van der Waals surface area contributed by atoms with Crippen LogP contribution in [0.1, 0.15) is 24.6 Å². The molecule has 0 saturated carbocycles. The second kappa shape index (κ2) is 5.89. The molecule has 0 N–H and O–H groups in total. The SMILES string of the molecule is CN(C)c1nccc([C@@H]2CCCN2S(=O)(=O)c2cn(C)cn2)n1. The maximum absolute atomic E-state index is 12.8. The fourth-order valence-electron chi connectivity index (χ4n) is 2.73. The molecule has 23 heavy (non-hydrogen) atoms. The van der Waals surface area contributed by atoms with Crippen LogP contribution in [0, 0.1) is 0 Å². The van der Waals surface area contributed by atoms with E-state index in [0.29, 0.717) is 12.5 Å². The van der Waals surface area contributed by atoms with Gasteiger partial charge in [0, 0.05) is 40.1 Å². The summed E-state index contributed by atoms with van der Waals surface area (Å²) < 4.78 is 28.8. The molecular formula is C14H20N6O2S. The van der Waals surface area contributed by atoms with Crippen LogP contribution < -0.4 is 4.90 Å². The maximum atomic E-state index is 12.8. The number of imidazole rings is 1. The molecule has 1 aliphatic heterocycles. The van der Waals surface area contributed by atoms with Gasteiger partial charge in [-0.3, -0.25) is 0 Å². The van der Waals surface area contributed by atoms with Crippen LogP contribution in [-0.2, 0) is 17.1 Å². The second-order valence-electron chi connectivity index (χ2n) is 5.83. The molecule has 1 aliphatic rings. The lowest BCUT2D eigenvalue weighted by molar-refractivity contribution is 0.388. The lowest BCUT2D eigenvalue weighted by Crippen LogP contribution is -2.31. The van der Waals surface area contributed by atoms with Crippen molar-refractivity contribution in [3.63, 3.8) is 0 Å². The van der Waals surface area contributed by atoms with Crippen molar-refractivity contribution < 1.29 is 8.42 Å². The van der Waals surface area contributed by atoms with Crippen molar-refractivity contribution in [2.45, 2.75) is 23.9 Å². The zero-order valence-electron chi connectivity index (χ0n) is 13.4. The van der Waals surface area contributed by atoms with Crippen LogP contribution in [0.3, 0.4) is 0 Å². The minimum Gasteiger partial charge on any atom is -0.347 e. The van der Waals surface area contributed by atoms with Crippen molar-refractivity contribution in [1.29, 1.82) is 0 Å². The van der Waals surface area contributed by atoms with Crippen LogP contribution in [0.2, 0.25) is 0 Å². The Bertz CT molecular complexity index is 801. The van der Waals surface area contributed by atoms with Crippen molar-refractivity contribution >= 4 is 16.0 Å². The highest BCUT2D eigenvalue weighted by Gasteiger charge is 2.38. The standard InChI is InChI=1S/C14H20N6O2S/c1-18(2)14-15-7-6-11(17-14)12-5-4-8-20(12)23(21,22)13-9-19(3)10-16-13/h6-7,9-10,12H,4-5,8H2,1-3H3/t12-/m0/s1. The van der Waals surface area contributed by atoms with E-state index in [1.807, 2.05) is 14.1 Å². The van der Waals surface area contributed by atoms with Crippen molar-refractivity contribution in [3.8, 4) is 0 Å². The largest absolute Gasteiger partial charge is 0.347 e. The quantitative estimate of drug-likeness (QED) is 0.821. The molecule has 9 heteroatoms. The molecule has 2 aromatic heterocycles. The van der Waals surface area contributed by atoms with Gasteiger partial charge >= 0.3 is 0 Å². The third-order valence-electron chi connectivity index (χ3n) is 3.86. The minimum atomic E-state index is -3.62. The third kappa shape index (κ3) is 2.93. The topological polar surface area (TPSA) is 84.2 Å². The van der Waals surface area contributed by atoms with E-state index in [9.17, 15) is 8.42 Å². The van der Waals surface area contributed by atoms with Gasteiger partial charge < -0.3 is 9.47 Å². The van der Waals surface area contributed by atoms with E-state index in [0.717, 1.165) is 18.5 Å². The molecule has 3 rings (SSSR count). The first-order valence-electron chi connectivity index (χ1n) is 7.39. The predicted octanol–water partition coefficient (Wildman–Crippen LogP) is 0.802. The molecule has 0 aromatic carbocycles. The lowest BCUT2D eigenvalue weighted by atomic mass is 10.1. The molecule has 0 bridgehead atoms. The van der Waals surface area contributed by atoms with Crippen LogP contribution in [0.15, 0.2) is 29.8 Å². The van der Waals surface area contributed by atoms with Crippen molar-refractivity contribution in [1.82, 2.24) is 23.8 Å². The van der Waals surface area contributed by atoms with Gasteiger partial charge in [0.2, 0.25) is 5.95 Å². The Morgan fingerprint density at radius 3 is 2.74 bits per heavy atom. The zero-order chi connectivity index (χ0) is 16.6. The van der Waals surface area contributed by atoms with Gasteiger partial charge in [-0.1, -0.05) is 0 Å². The number of sulfonamides is 1. The van der Waals surface area contributed by atoms with Gasteiger partial charge in [0.15, 0.2) is 5.03 Å². The normalized spacial score (nSPS) is 19.2. The van der Waals surface area contributed by atoms with Gasteiger partial charge in [-0.15, -0.1) is 0 Å². The van der Waals surface area contributed by atoms with E-state index in [1.165, 1.54) is 16.8 Å². The summed E-state index contributed by atoms with van der Waals surface area (Å²) in [7, 11) is 1.84. The van der Waals surface area contributed by atoms with E-state index >= 15 is 0 Å². The summed E-state index contributed by atoms with van der Waals surface area (Å²) in [6.07, 6.45) is 6.23. The first-order valence-corrected chi connectivity index (χ1v) is 8.83. The second-order valence-corrected chi connectivity index (χ2v) is 7.66. The number of hydrogen-bond donors (Lipinski definition) is 0. The summed E-state index contributed by atoms with van der Waals surface area (Å²) >= 11 is 0. The molecule has 124 valence electrons. The Morgan fingerprint density at radius 1 is 1.30 bits per heavy atom. The molecule has 2 aromatic rings. The average Bonchev–Trinajstić information content (AvgIpc) is 3.16. The molecule has 1 saturated heterocycles. The summed E-state index contributed by atoms with van der Waals surface area (Å²) in [6.45, 7) is 0.477. The summed E-state index contributed by atoms with van der Waals surface area (Å²) in [5.41, 5.74) is 0.723. The van der Waals surface area contributed by atoms with E-state index in [-0.39, 0.29) is 11.1 Å². The maximum Gasteiger partial charge on any atom is 0.262 e. The van der Waals surface area contributed by atoms with Crippen LogP contribution in [0.5, 0.6) is 0 Å². The highest BCUT2D eigenvalue weighted by molar-refractivity contribution is 7.89. The molecule has 0 amide bonds. The fraction of sp³-hybridized carbons (Fsp3) is 0.500. The summed E-state index contributed by atoms with van der Waals surface area (Å²) in [5, 5.41) is 0.0776. The predicted molar refractivity (Wildman–Crippen MR) is 85.4 cm³/mol. The third-order valence-corrected chi connectivity index (χ3v) is 5.66. The van der Waals surface area contributed by atoms with E-state index < -0.39 is 10.0 Å². The van der Waals surface area contributed by atoms with E-state index in [2.05, 4.69) is 15.0 Å². The number of rotatable bonds is 4. The number of anilines is 1. The number of hydrogen-bond acceptors (Lipinski definition) is 6. The van der Waals surface area contributed by atoms with E-state index in [1.54, 1.807) is 28.8 Å². The molecule has 0 aliphatic carbocycles. The Morgan fingerprint density at radius 2 is 2.09 bits per heavy atom. The zero-order valence-corrected chi connectivity index (χ0v) is 14.2. The van der Waals surface area contributed by atoms with Crippen LogP contribution in [0.25, 0.3) is 0 Å². The molecule has 0 unspecified atom stereocenters. The molecule has 0 radical (unpaired) electrons. The fourth-order valence-corrected chi connectivity index (χ4v) is 4.37. The molecular weight excluding hydrogens is 316 g/mol. The Labute approximate surface area is 135 Å². The van der Waals surface area contributed by atoms with E-state index in [4.69, 9.17) is 0 Å². The van der Waals surface area contributed by atoms with Gasteiger partial charge in [0.1, 0.15) is 0 Å². The monoisotopic (exact) mass is 336 g/mol. The summed E-state index contributed by atoms with van der Waals surface area (Å²) in [4.78, 5) is 14.5. The van der Waals surface area contributed by atoms with Gasteiger partial charge in [-0.25, -0.2) is 23.4 Å². The molecule has 1 fully saturated rings. The first-order chi connectivity index (χ1) is 10.9. The molecule has 0 spiro atoms. The Balaban J connectivity index is 1.96. The van der Waals surface area contributed by atoms with Crippen LogP contribution in [0.4, 0.5) is 5.95 Å². The average molecular weight is 336 g/mol. The molecule has 8 nitrogen and oxygen atoms in total. The van der Waals surface area contributed by atoms with Gasteiger partial charge in [-0.2, -0.15) is 4.31 Å². The van der Waals surface area contributed by atoms with Gasteiger partial charge in [0.25, 0.3) is 10.0 Å². The van der Waals surface area contributed by atoms with Gasteiger partial charge in [0.05, 0.1) is 18.1 Å². The highest BCUT2D eigenvalue weighted by Crippen LogP contribution is 2.35. The smallest absolute Gasteiger partial charge is 0.262 e. The number of aryl methyl sites for hydroxylation is 1. The molecule has 3 heterocycles. The Hall–Kier alpha value is -2.00. The highest BCUT2D eigenvalue weighted by atomic mass is 32.2.